The number of carbonyl (C=O) groups is 4. The van der Waals surface area contributed by atoms with E-state index in [1.165, 1.54) is 23.1 Å². The highest BCUT2D eigenvalue weighted by Crippen LogP contribution is 2.55. The zero-order valence-corrected chi connectivity index (χ0v) is 19.4. The SMILES string of the molecule is CCCN1C(=O)C2CC=C3C(c4ccc(O)c(F)c4)C4=C(CC3C2C1=O)C(=O)C(Br)=CC4=O. The molecule has 33 heavy (non-hydrogen) atoms. The zero-order valence-electron chi connectivity index (χ0n) is 17.8. The molecule has 0 bridgehead atoms. The number of amides is 2. The Balaban J connectivity index is 1.68. The van der Waals surface area contributed by atoms with Crippen LogP contribution in [0.3, 0.4) is 0 Å². The van der Waals surface area contributed by atoms with Crippen molar-refractivity contribution in [3.05, 3.63) is 62.9 Å². The Kier molecular flexibility index (Phi) is 5.23. The lowest BCUT2D eigenvalue weighted by Crippen LogP contribution is -2.39. The number of hydrogen-bond acceptors (Lipinski definition) is 5. The second-order valence-corrected chi connectivity index (χ2v) is 9.79. The minimum atomic E-state index is -0.835. The summed E-state index contributed by atoms with van der Waals surface area (Å²) in [7, 11) is 0. The van der Waals surface area contributed by atoms with Gasteiger partial charge in [-0.3, -0.25) is 24.1 Å². The van der Waals surface area contributed by atoms with Crippen molar-refractivity contribution < 1.29 is 28.7 Å². The largest absolute Gasteiger partial charge is 0.505 e. The molecule has 8 heteroatoms. The number of likely N-dealkylation sites (tertiary alicyclic amines) is 1. The molecule has 4 unspecified atom stereocenters. The third-order valence-corrected chi connectivity index (χ3v) is 7.76. The number of nitrogens with zero attached hydrogens (tertiary/aromatic N) is 1. The van der Waals surface area contributed by atoms with Crippen molar-refractivity contribution in [2.45, 2.75) is 32.1 Å². The lowest BCUT2D eigenvalue weighted by Gasteiger charge is -2.42. The van der Waals surface area contributed by atoms with Gasteiger partial charge in [0.1, 0.15) is 0 Å². The number of hydrogen-bond donors (Lipinski definition) is 1. The first kappa shape index (κ1) is 21.9. The van der Waals surface area contributed by atoms with E-state index in [1.807, 2.05) is 13.0 Å². The molecule has 0 radical (unpaired) electrons. The maximum absolute atomic E-state index is 14.3. The summed E-state index contributed by atoms with van der Waals surface area (Å²) >= 11 is 3.17. The van der Waals surface area contributed by atoms with Crippen LogP contribution in [-0.4, -0.2) is 39.9 Å². The third kappa shape index (κ3) is 3.18. The average molecular weight is 514 g/mol. The van der Waals surface area contributed by atoms with E-state index in [9.17, 15) is 28.7 Å². The van der Waals surface area contributed by atoms with E-state index in [1.54, 1.807) is 0 Å². The Morgan fingerprint density at radius 3 is 2.61 bits per heavy atom. The molecule has 1 aromatic rings. The Labute approximate surface area is 198 Å². The Hall–Kier alpha value is -2.87. The molecule has 1 fully saturated rings. The molecule has 2 amide bonds. The monoisotopic (exact) mass is 513 g/mol. The fraction of sp³-hybridized carbons (Fsp3) is 0.360. The van der Waals surface area contributed by atoms with Crippen LogP contribution in [-0.2, 0) is 19.2 Å². The van der Waals surface area contributed by atoms with Gasteiger partial charge in [0.05, 0.1) is 16.3 Å². The van der Waals surface area contributed by atoms with Crippen LogP contribution in [0.5, 0.6) is 5.75 Å². The van der Waals surface area contributed by atoms with E-state index in [2.05, 4.69) is 15.9 Å². The fourth-order valence-electron chi connectivity index (χ4n) is 5.80. The van der Waals surface area contributed by atoms with E-state index < -0.39 is 35.2 Å². The highest BCUT2D eigenvalue weighted by Gasteiger charge is 2.56. The number of Topliss-reactive ketones (excluding diaryl/α,β-unsaturated/α-hetero) is 1. The predicted octanol–water partition coefficient (Wildman–Crippen LogP) is 3.70. The van der Waals surface area contributed by atoms with Crippen LogP contribution >= 0.6 is 15.9 Å². The van der Waals surface area contributed by atoms with Gasteiger partial charge in [0.2, 0.25) is 11.8 Å². The summed E-state index contributed by atoms with van der Waals surface area (Å²) in [5.41, 5.74) is 1.75. The number of phenolic OH excluding ortho intramolecular Hbond substituents is 1. The average Bonchev–Trinajstić information content (AvgIpc) is 3.03. The lowest BCUT2D eigenvalue weighted by atomic mass is 9.59. The molecule has 1 heterocycles. The highest BCUT2D eigenvalue weighted by molar-refractivity contribution is 9.12. The molecule has 0 spiro atoms. The molecule has 1 aliphatic heterocycles. The Morgan fingerprint density at radius 1 is 1.15 bits per heavy atom. The standard InChI is InChI=1S/C25H21BrFNO5/c1-2-7-28-24(32)13-5-4-12-14(21(13)25(28)33)9-15-22(19(30)10-16(26)23(15)31)20(12)11-3-6-18(29)17(27)8-11/h3-4,6,8,10,13-14,20-21,29H,2,5,7,9H2,1H3. The smallest absolute Gasteiger partial charge is 0.233 e. The quantitative estimate of drug-likeness (QED) is 0.378. The van der Waals surface area contributed by atoms with Crippen molar-refractivity contribution in [3.8, 4) is 5.75 Å². The fourth-order valence-corrected chi connectivity index (χ4v) is 6.25. The van der Waals surface area contributed by atoms with Gasteiger partial charge >= 0.3 is 0 Å². The second-order valence-electron chi connectivity index (χ2n) is 8.93. The molecule has 6 nitrogen and oxygen atoms in total. The zero-order chi connectivity index (χ0) is 23.6. The maximum atomic E-state index is 14.3. The van der Waals surface area contributed by atoms with Crippen LogP contribution in [0.4, 0.5) is 4.39 Å². The summed E-state index contributed by atoms with van der Waals surface area (Å²) < 4.78 is 14.5. The summed E-state index contributed by atoms with van der Waals surface area (Å²) in [5, 5.41) is 9.68. The first-order chi connectivity index (χ1) is 15.7. The first-order valence-electron chi connectivity index (χ1n) is 11.0. The number of carbonyl (C=O) groups excluding carboxylic acids is 4. The highest BCUT2D eigenvalue weighted by atomic mass is 79.9. The number of imide groups is 1. The van der Waals surface area contributed by atoms with Crippen LogP contribution in [0.2, 0.25) is 0 Å². The van der Waals surface area contributed by atoms with Gasteiger partial charge in [0.25, 0.3) is 0 Å². The molecule has 3 aliphatic carbocycles. The number of allylic oxidation sites excluding steroid dienone is 6. The van der Waals surface area contributed by atoms with E-state index in [-0.39, 0.29) is 39.9 Å². The van der Waals surface area contributed by atoms with Gasteiger partial charge in [0.15, 0.2) is 23.1 Å². The van der Waals surface area contributed by atoms with Gasteiger partial charge in [-0.15, -0.1) is 0 Å². The van der Waals surface area contributed by atoms with Crippen LogP contribution < -0.4 is 0 Å². The number of aromatic hydroxyl groups is 1. The minimum Gasteiger partial charge on any atom is -0.505 e. The second kappa shape index (κ2) is 7.87. The summed E-state index contributed by atoms with van der Waals surface area (Å²) in [6, 6.07) is 3.91. The number of phenols is 1. The molecular weight excluding hydrogens is 493 g/mol. The molecule has 1 aromatic carbocycles. The van der Waals surface area contributed by atoms with Gasteiger partial charge in [-0.05, 0) is 58.8 Å². The van der Waals surface area contributed by atoms with Crippen molar-refractivity contribution in [1.29, 1.82) is 0 Å². The maximum Gasteiger partial charge on any atom is 0.233 e. The van der Waals surface area contributed by atoms with E-state index in [0.29, 0.717) is 30.5 Å². The molecule has 5 rings (SSSR count). The van der Waals surface area contributed by atoms with E-state index in [4.69, 9.17) is 0 Å². The van der Waals surface area contributed by atoms with Gasteiger partial charge in [-0.25, -0.2) is 4.39 Å². The van der Waals surface area contributed by atoms with Gasteiger partial charge in [0, 0.05) is 29.7 Å². The Morgan fingerprint density at radius 2 is 1.91 bits per heavy atom. The normalized spacial score (nSPS) is 29.0. The van der Waals surface area contributed by atoms with E-state index >= 15 is 0 Å². The van der Waals surface area contributed by atoms with Gasteiger partial charge in [-0.1, -0.05) is 24.6 Å². The Bertz CT molecular complexity index is 1230. The lowest BCUT2D eigenvalue weighted by molar-refractivity contribution is -0.140. The van der Waals surface area contributed by atoms with Gasteiger partial charge in [-0.2, -0.15) is 0 Å². The number of ketones is 2. The van der Waals surface area contributed by atoms with Crippen LogP contribution in [0.15, 0.2) is 51.6 Å². The third-order valence-electron chi connectivity index (χ3n) is 7.17. The number of fused-ring (bicyclic) bond motifs is 3. The molecule has 1 N–H and O–H groups in total. The number of benzene rings is 1. The molecule has 0 aromatic heterocycles. The van der Waals surface area contributed by atoms with Gasteiger partial charge < -0.3 is 5.11 Å². The predicted molar refractivity (Wildman–Crippen MR) is 120 cm³/mol. The van der Waals surface area contributed by atoms with Crippen molar-refractivity contribution in [2.75, 3.05) is 6.54 Å². The summed E-state index contributed by atoms with van der Waals surface area (Å²) in [6.07, 6.45) is 4.29. The molecule has 170 valence electrons. The minimum absolute atomic E-state index is 0.142. The summed E-state index contributed by atoms with van der Waals surface area (Å²) in [5.74, 6) is -4.76. The summed E-state index contributed by atoms with van der Waals surface area (Å²) in [4.78, 5) is 53.7. The first-order valence-corrected chi connectivity index (χ1v) is 11.8. The van der Waals surface area contributed by atoms with Crippen molar-refractivity contribution in [3.63, 3.8) is 0 Å². The molecule has 4 aliphatic rings. The number of halogens is 2. The molecule has 4 atom stereocenters. The van der Waals surface area contributed by atoms with Crippen LogP contribution in [0, 0.1) is 23.6 Å². The van der Waals surface area contributed by atoms with Crippen molar-refractivity contribution in [1.82, 2.24) is 4.90 Å². The number of rotatable bonds is 3. The van der Waals surface area contributed by atoms with Crippen LogP contribution in [0.1, 0.15) is 37.7 Å². The molecule has 1 saturated heterocycles. The van der Waals surface area contributed by atoms with Crippen LogP contribution in [0.25, 0.3) is 0 Å². The van der Waals surface area contributed by atoms with Crippen molar-refractivity contribution >= 4 is 39.3 Å². The van der Waals surface area contributed by atoms with E-state index in [0.717, 1.165) is 11.6 Å². The van der Waals surface area contributed by atoms with Crippen molar-refractivity contribution in [2.24, 2.45) is 17.8 Å². The molecular formula is C25H21BrFNO5. The summed E-state index contributed by atoms with van der Waals surface area (Å²) in [6.45, 7) is 2.24. The topological polar surface area (TPSA) is 91.8 Å². The molecule has 0 saturated carbocycles.